The van der Waals surface area contributed by atoms with Crippen LogP contribution in [0.3, 0.4) is 0 Å². The first-order valence-electron chi connectivity index (χ1n) is 20.1. The summed E-state index contributed by atoms with van der Waals surface area (Å²) in [6, 6.07) is 0. The molecule has 46 heavy (non-hydrogen) atoms. The molecule has 0 aromatic heterocycles. The number of hydrogen-bond acceptors (Lipinski definition) is 6. The lowest BCUT2D eigenvalue weighted by Crippen LogP contribution is -2.21. The molecule has 0 amide bonds. The fourth-order valence-corrected chi connectivity index (χ4v) is 5.75. The summed E-state index contributed by atoms with van der Waals surface area (Å²) in [6.07, 6.45) is 40.0. The molecule has 0 aliphatic carbocycles. The molecule has 0 atom stereocenters. The first-order valence-corrected chi connectivity index (χ1v) is 20.1. The third kappa shape index (κ3) is 45.2. The molecular formula is C39H79BO6. The number of carbonyl (C=O) groups excluding carboxylic acids is 2. The maximum atomic E-state index is 11.9. The van der Waals surface area contributed by atoms with E-state index in [0.717, 1.165) is 25.7 Å². The van der Waals surface area contributed by atoms with Gasteiger partial charge in [0.1, 0.15) is 0 Å². The van der Waals surface area contributed by atoms with Crippen molar-refractivity contribution in [2.24, 2.45) is 0 Å². The monoisotopic (exact) mass is 655 g/mol. The van der Waals surface area contributed by atoms with Gasteiger partial charge in [-0.1, -0.05) is 194 Å². The molecule has 0 rings (SSSR count). The van der Waals surface area contributed by atoms with Crippen LogP contribution in [0.2, 0.25) is 0 Å². The Morgan fingerprint density at radius 1 is 0.435 bits per heavy atom. The number of ether oxygens (including phenoxy) is 1. The highest BCUT2D eigenvalue weighted by atomic mass is 16.6. The zero-order valence-corrected chi connectivity index (χ0v) is 31.3. The Balaban J connectivity index is 0. The Kier molecular flexibility index (Phi) is 41.3. The van der Waals surface area contributed by atoms with Gasteiger partial charge in [-0.2, -0.15) is 0 Å². The molecule has 0 saturated heterocycles. The third-order valence-corrected chi connectivity index (χ3v) is 8.59. The largest absolute Gasteiger partial charge is 0.634 e. The van der Waals surface area contributed by atoms with Gasteiger partial charge in [0.05, 0.1) is 0 Å². The van der Waals surface area contributed by atoms with Gasteiger partial charge >= 0.3 is 19.3 Å². The molecule has 0 spiro atoms. The number of esters is 2. The number of hydrogen-bond donors (Lipinski definition) is 2. The minimum absolute atomic E-state index is 0.125. The second-order valence-corrected chi connectivity index (χ2v) is 13.8. The molecule has 2 N–H and O–H groups in total. The van der Waals surface area contributed by atoms with Crippen molar-refractivity contribution in [1.29, 1.82) is 0 Å². The molecule has 0 fully saturated rings. The Hall–Kier alpha value is -0.915. The van der Waals surface area contributed by atoms with E-state index in [-0.39, 0.29) is 18.0 Å². The van der Waals surface area contributed by atoms with E-state index in [0.29, 0.717) is 12.8 Å². The van der Waals surface area contributed by atoms with E-state index in [9.17, 15) is 9.59 Å². The van der Waals surface area contributed by atoms with Crippen molar-refractivity contribution in [3.05, 3.63) is 0 Å². The standard InChI is InChI=1S/C36H70O3.C3H9BO3/c1-3-5-7-9-11-13-15-17-19-21-23-25-27-29-31-33-35(37)39-36(38)34-32-30-28-26-24-22-20-18-16-14-12-10-8-6-4-2;1-3(2)7-4(5)6/h3-34H2,1-2H3;3,5-6H,1-2H3. The van der Waals surface area contributed by atoms with Crippen molar-refractivity contribution in [2.75, 3.05) is 0 Å². The number of rotatable bonds is 34. The summed E-state index contributed by atoms with van der Waals surface area (Å²) < 4.78 is 9.37. The second-order valence-electron chi connectivity index (χ2n) is 13.8. The predicted octanol–water partition coefficient (Wildman–Crippen LogP) is 12.0. The van der Waals surface area contributed by atoms with Gasteiger partial charge < -0.3 is 19.4 Å². The van der Waals surface area contributed by atoms with Gasteiger partial charge in [-0.15, -0.1) is 0 Å². The van der Waals surface area contributed by atoms with E-state index in [1.54, 1.807) is 13.8 Å². The van der Waals surface area contributed by atoms with Crippen LogP contribution in [0.1, 0.15) is 233 Å². The van der Waals surface area contributed by atoms with E-state index < -0.39 is 7.32 Å². The lowest BCUT2D eigenvalue weighted by molar-refractivity contribution is -0.159. The SMILES string of the molecule is CC(C)OB(O)O.CCCCCCCCCCCCCCCCCC(=O)OC(=O)CCCCCCCCCCCCCCCCC. The lowest BCUT2D eigenvalue weighted by Gasteiger charge is -2.05. The van der Waals surface area contributed by atoms with E-state index in [4.69, 9.17) is 14.8 Å². The third-order valence-electron chi connectivity index (χ3n) is 8.59. The minimum atomic E-state index is -1.63. The zero-order valence-electron chi connectivity index (χ0n) is 31.3. The van der Waals surface area contributed by atoms with Crippen molar-refractivity contribution >= 4 is 19.3 Å². The summed E-state index contributed by atoms with van der Waals surface area (Å²) in [7, 11) is -1.63. The van der Waals surface area contributed by atoms with E-state index >= 15 is 0 Å². The Morgan fingerprint density at radius 2 is 0.652 bits per heavy atom. The topological polar surface area (TPSA) is 93.1 Å². The fourth-order valence-electron chi connectivity index (χ4n) is 5.75. The van der Waals surface area contributed by atoms with Crippen LogP contribution >= 0.6 is 0 Å². The molecular weight excluding hydrogens is 575 g/mol. The molecule has 0 aliphatic heterocycles. The van der Waals surface area contributed by atoms with Gasteiger partial charge in [-0.3, -0.25) is 9.59 Å². The highest BCUT2D eigenvalue weighted by Crippen LogP contribution is 2.15. The predicted molar refractivity (Wildman–Crippen MR) is 197 cm³/mol. The van der Waals surface area contributed by atoms with Gasteiger partial charge in [-0.25, -0.2) is 0 Å². The summed E-state index contributed by atoms with van der Waals surface area (Å²) >= 11 is 0. The lowest BCUT2D eigenvalue weighted by atomic mass is 10.0. The van der Waals surface area contributed by atoms with Gasteiger partial charge in [0, 0.05) is 18.9 Å². The van der Waals surface area contributed by atoms with Crippen molar-refractivity contribution in [3.8, 4) is 0 Å². The number of unbranched alkanes of at least 4 members (excludes halogenated alkanes) is 28. The first-order chi connectivity index (χ1) is 22.3. The number of carbonyl (C=O) groups is 2. The normalized spacial score (nSPS) is 11.0. The minimum Gasteiger partial charge on any atom is -0.402 e. The van der Waals surface area contributed by atoms with Crippen LogP contribution in [0, 0.1) is 0 Å². The molecule has 7 heteroatoms. The molecule has 0 saturated carbocycles. The maximum absolute atomic E-state index is 11.9. The van der Waals surface area contributed by atoms with Crippen LogP contribution < -0.4 is 0 Å². The van der Waals surface area contributed by atoms with Gasteiger partial charge in [0.2, 0.25) is 0 Å². The van der Waals surface area contributed by atoms with Crippen molar-refractivity contribution in [3.63, 3.8) is 0 Å². The van der Waals surface area contributed by atoms with Crippen LogP contribution in [-0.4, -0.2) is 35.4 Å². The molecule has 0 radical (unpaired) electrons. The average molecular weight is 655 g/mol. The molecule has 0 unspecified atom stereocenters. The van der Waals surface area contributed by atoms with Crippen LogP contribution in [0.25, 0.3) is 0 Å². The highest BCUT2D eigenvalue weighted by molar-refractivity contribution is 6.32. The van der Waals surface area contributed by atoms with E-state index in [1.165, 1.54) is 167 Å². The summed E-state index contributed by atoms with van der Waals surface area (Å²) in [4.78, 5) is 23.8. The molecule has 0 aromatic carbocycles. The summed E-state index contributed by atoms with van der Waals surface area (Å²) in [6.45, 7) is 8.00. The Bertz CT molecular complexity index is 563. The van der Waals surface area contributed by atoms with Crippen molar-refractivity contribution in [2.45, 2.75) is 239 Å². The summed E-state index contributed by atoms with van der Waals surface area (Å²) in [5.41, 5.74) is 0. The highest BCUT2D eigenvalue weighted by Gasteiger charge is 2.10. The van der Waals surface area contributed by atoms with Crippen LogP contribution in [-0.2, 0) is 19.0 Å². The summed E-state index contributed by atoms with van der Waals surface area (Å²) in [5.74, 6) is -0.647. The zero-order chi connectivity index (χ0) is 34.4. The van der Waals surface area contributed by atoms with Crippen molar-refractivity contribution < 1.29 is 29.0 Å². The molecule has 274 valence electrons. The van der Waals surface area contributed by atoms with Gasteiger partial charge in [0.25, 0.3) is 0 Å². The van der Waals surface area contributed by atoms with Gasteiger partial charge in [-0.05, 0) is 26.7 Å². The molecule has 0 aromatic rings. The first kappa shape index (κ1) is 47.2. The second kappa shape index (κ2) is 40.3. The quantitative estimate of drug-likeness (QED) is 0.0310. The maximum Gasteiger partial charge on any atom is 0.634 e. The van der Waals surface area contributed by atoms with Gasteiger partial charge in [0.15, 0.2) is 0 Å². The van der Waals surface area contributed by atoms with Crippen LogP contribution in [0.4, 0.5) is 0 Å². The molecule has 0 aliphatic rings. The Labute approximate surface area is 287 Å². The Morgan fingerprint density at radius 3 is 0.826 bits per heavy atom. The van der Waals surface area contributed by atoms with Crippen LogP contribution in [0.15, 0.2) is 0 Å². The smallest absolute Gasteiger partial charge is 0.402 e. The molecule has 0 bridgehead atoms. The fraction of sp³-hybridized carbons (Fsp3) is 0.949. The van der Waals surface area contributed by atoms with E-state index in [2.05, 4.69) is 18.5 Å². The van der Waals surface area contributed by atoms with Crippen molar-refractivity contribution in [1.82, 2.24) is 0 Å². The average Bonchev–Trinajstić information content (AvgIpc) is 3.00. The van der Waals surface area contributed by atoms with E-state index in [1.807, 2.05) is 0 Å². The summed E-state index contributed by atoms with van der Waals surface area (Å²) in [5, 5.41) is 16.1. The molecule has 0 heterocycles. The van der Waals surface area contributed by atoms with Crippen LogP contribution in [0.5, 0.6) is 0 Å². The molecule has 6 nitrogen and oxygen atoms in total.